The maximum atomic E-state index is 4.21. The molecule has 15 heavy (non-hydrogen) atoms. The Bertz CT molecular complexity index is 307. The van der Waals surface area contributed by atoms with Crippen LogP contribution in [0.4, 0.5) is 0 Å². The van der Waals surface area contributed by atoms with Gasteiger partial charge in [-0.15, -0.1) is 0 Å². The topological polar surface area (TPSA) is 42.7 Å². The molecule has 0 amide bonds. The molecule has 1 N–H and O–H groups in total. The predicted molar refractivity (Wildman–Crippen MR) is 59.5 cm³/mol. The van der Waals surface area contributed by atoms with E-state index >= 15 is 0 Å². The summed E-state index contributed by atoms with van der Waals surface area (Å²) < 4.78 is 1.85. The molecular weight excluding hydrogens is 188 g/mol. The van der Waals surface area contributed by atoms with Crippen LogP contribution in [0.3, 0.4) is 0 Å². The first kappa shape index (κ1) is 10.6. The summed E-state index contributed by atoms with van der Waals surface area (Å²) in [6.45, 7) is 3.36. The average molecular weight is 208 g/mol. The molecule has 1 heterocycles. The zero-order valence-electron chi connectivity index (χ0n) is 9.61. The fourth-order valence-corrected chi connectivity index (χ4v) is 2.33. The van der Waals surface area contributed by atoms with Crippen molar-refractivity contribution in [2.75, 3.05) is 6.54 Å². The SMILES string of the molecule is CC1CCC(NCCc2ncnn2C)C1. The highest BCUT2D eigenvalue weighted by molar-refractivity contribution is 4.85. The predicted octanol–water partition coefficient (Wildman–Crippen LogP) is 1.14. The molecule has 4 nitrogen and oxygen atoms in total. The van der Waals surface area contributed by atoms with Crippen LogP contribution < -0.4 is 5.32 Å². The van der Waals surface area contributed by atoms with E-state index in [9.17, 15) is 0 Å². The van der Waals surface area contributed by atoms with Gasteiger partial charge in [0.2, 0.25) is 0 Å². The smallest absolute Gasteiger partial charge is 0.138 e. The minimum absolute atomic E-state index is 0.730. The van der Waals surface area contributed by atoms with Gasteiger partial charge in [-0.25, -0.2) is 4.98 Å². The fourth-order valence-electron chi connectivity index (χ4n) is 2.33. The van der Waals surface area contributed by atoms with Gasteiger partial charge in [0.05, 0.1) is 0 Å². The Morgan fingerprint density at radius 3 is 3.00 bits per heavy atom. The third kappa shape index (κ3) is 2.78. The lowest BCUT2D eigenvalue weighted by atomic mass is 10.1. The molecular formula is C11H20N4. The molecule has 2 unspecified atom stereocenters. The zero-order valence-corrected chi connectivity index (χ0v) is 9.61. The largest absolute Gasteiger partial charge is 0.314 e. The molecule has 1 fully saturated rings. The highest BCUT2D eigenvalue weighted by Crippen LogP contribution is 2.24. The molecule has 1 saturated carbocycles. The molecule has 0 spiro atoms. The van der Waals surface area contributed by atoms with Gasteiger partial charge in [-0.3, -0.25) is 4.68 Å². The number of rotatable bonds is 4. The highest BCUT2D eigenvalue weighted by Gasteiger charge is 2.20. The maximum absolute atomic E-state index is 4.21. The van der Waals surface area contributed by atoms with Crippen LogP contribution >= 0.6 is 0 Å². The molecule has 2 rings (SSSR count). The second-order valence-corrected chi connectivity index (χ2v) is 4.62. The molecule has 0 saturated heterocycles. The second-order valence-electron chi connectivity index (χ2n) is 4.62. The van der Waals surface area contributed by atoms with Crippen LogP contribution in [0, 0.1) is 5.92 Å². The summed E-state index contributed by atoms with van der Waals surface area (Å²) in [7, 11) is 1.94. The average Bonchev–Trinajstić information content (AvgIpc) is 2.77. The van der Waals surface area contributed by atoms with E-state index in [0.717, 1.165) is 30.7 Å². The third-order valence-electron chi connectivity index (χ3n) is 3.28. The van der Waals surface area contributed by atoms with E-state index in [1.807, 2.05) is 11.7 Å². The molecule has 0 aliphatic heterocycles. The Kier molecular flexibility index (Phi) is 3.36. The Morgan fingerprint density at radius 1 is 1.53 bits per heavy atom. The van der Waals surface area contributed by atoms with Gasteiger partial charge in [0.25, 0.3) is 0 Å². The fraction of sp³-hybridized carbons (Fsp3) is 0.818. The third-order valence-corrected chi connectivity index (χ3v) is 3.28. The lowest BCUT2D eigenvalue weighted by Crippen LogP contribution is -2.29. The van der Waals surface area contributed by atoms with Crippen LogP contribution in [-0.4, -0.2) is 27.4 Å². The van der Waals surface area contributed by atoms with E-state index in [4.69, 9.17) is 0 Å². The lowest BCUT2D eigenvalue weighted by molar-refractivity contribution is 0.499. The number of aryl methyl sites for hydroxylation is 1. The van der Waals surface area contributed by atoms with Crippen molar-refractivity contribution in [3.8, 4) is 0 Å². The van der Waals surface area contributed by atoms with Crippen molar-refractivity contribution in [1.29, 1.82) is 0 Å². The monoisotopic (exact) mass is 208 g/mol. The number of hydrogen-bond donors (Lipinski definition) is 1. The van der Waals surface area contributed by atoms with E-state index in [-0.39, 0.29) is 0 Å². The second kappa shape index (κ2) is 4.75. The van der Waals surface area contributed by atoms with E-state index < -0.39 is 0 Å². The van der Waals surface area contributed by atoms with Gasteiger partial charge in [-0.05, 0) is 25.2 Å². The van der Waals surface area contributed by atoms with E-state index in [1.54, 1.807) is 6.33 Å². The number of nitrogens with zero attached hydrogens (tertiary/aromatic N) is 3. The van der Waals surface area contributed by atoms with Gasteiger partial charge in [0, 0.05) is 26.1 Å². The summed E-state index contributed by atoms with van der Waals surface area (Å²) >= 11 is 0. The van der Waals surface area contributed by atoms with Crippen molar-refractivity contribution < 1.29 is 0 Å². The van der Waals surface area contributed by atoms with E-state index in [2.05, 4.69) is 22.3 Å². The zero-order chi connectivity index (χ0) is 10.7. The quantitative estimate of drug-likeness (QED) is 0.806. The van der Waals surface area contributed by atoms with Crippen molar-refractivity contribution in [1.82, 2.24) is 20.1 Å². The molecule has 0 bridgehead atoms. The van der Waals surface area contributed by atoms with Crippen LogP contribution in [0.1, 0.15) is 32.0 Å². The summed E-state index contributed by atoms with van der Waals surface area (Å²) in [5.41, 5.74) is 0. The molecule has 0 aromatic carbocycles. The van der Waals surface area contributed by atoms with Crippen LogP contribution in [0.15, 0.2) is 6.33 Å². The standard InChI is InChI=1S/C11H20N4/c1-9-3-4-10(7-9)12-6-5-11-13-8-14-15(11)2/h8-10,12H,3-7H2,1-2H3. The van der Waals surface area contributed by atoms with Gasteiger partial charge < -0.3 is 5.32 Å². The molecule has 1 aliphatic carbocycles. The van der Waals surface area contributed by atoms with Crippen molar-refractivity contribution >= 4 is 0 Å². The summed E-state index contributed by atoms with van der Waals surface area (Å²) in [4.78, 5) is 4.21. The molecule has 84 valence electrons. The van der Waals surface area contributed by atoms with Crippen LogP contribution in [-0.2, 0) is 13.5 Å². The van der Waals surface area contributed by atoms with Crippen molar-refractivity contribution in [2.45, 2.75) is 38.6 Å². The van der Waals surface area contributed by atoms with Crippen LogP contribution in [0.2, 0.25) is 0 Å². The van der Waals surface area contributed by atoms with Crippen molar-refractivity contribution in [2.24, 2.45) is 13.0 Å². The normalized spacial score (nSPS) is 26.0. The van der Waals surface area contributed by atoms with Gasteiger partial charge in [0.15, 0.2) is 0 Å². The maximum Gasteiger partial charge on any atom is 0.138 e. The number of hydrogen-bond acceptors (Lipinski definition) is 3. The first-order chi connectivity index (χ1) is 7.25. The number of aromatic nitrogens is 3. The first-order valence-corrected chi connectivity index (χ1v) is 5.82. The molecule has 2 atom stereocenters. The van der Waals surface area contributed by atoms with Crippen molar-refractivity contribution in [3.63, 3.8) is 0 Å². The van der Waals surface area contributed by atoms with Crippen molar-refractivity contribution in [3.05, 3.63) is 12.2 Å². The lowest BCUT2D eigenvalue weighted by Gasteiger charge is -2.11. The summed E-state index contributed by atoms with van der Waals surface area (Å²) in [5, 5.41) is 7.65. The van der Waals surface area contributed by atoms with Gasteiger partial charge >= 0.3 is 0 Å². The molecule has 1 aromatic rings. The summed E-state index contributed by atoms with van der Waals surface area (Å²) in [6.07, 6.45) is 6.63. The first-order valence-electron chi connectivity index (χ1n) is 5.82. The van der Waals surface area contributed by atoms with Crippen LogP contribution in [0.25, 0.3) is 0 Å². The minimum atomic E-state index is 0.730. The molecule has 1 aliphatic rings. The molecule has 4 heteroatoms. The Labute approximate surface area is 91.1 Å². The van der Waals surface area contributed by atoms with Crippen LogP contribution in [0.5, 0.6) is 0 Å². The van der Waals surface area contributed by atoms with E-state index in [1.165, 1.54) is 19.3 Å². The van der Waals surface area contributed by atoms with Gasteiger partial charge in [-0.2, -0.15) is 5.10 Å². The Morgan fingerprint density at radius 2 is 2.40 bits per heavy atom. The molecule has 0 radical (unpaired) electrons. The van der Waals surface area contributed by atoms with Gasteiger partial charge in [0.1, 0.15) is 12.2 Å². The highest BCUT2D eigenvalue weighted by atomic mass is 15.3. The minimum Gasteiger partial charge on any atom is -0.314 e. The number of nitrogens with one attached hydrogen (secondary N) is 1. The summed E-state index contributed by atoms with van der Waals surface area (Å²) in [6, 6.07) is 0.730. The molecule has 1 aromatic heterocycles. The Hall–Kier alpha value is -0.900. The summed E-state index contributed by atoms with van der Waals surface area (Å²) in [5.74, 6) is 1.96. The van der Waals surface area contributed by atoms with E-state index in [0.29, 0.717) is 0 Å². The Balaban J connectivity index is 1.69. The van der Waals surface area contributed by atoms with Gasteiger partial charge in [-0.1, -0.05) is 6.92 Å².